The van der Waals surface area contributed by atoms with Crippen LogP contribution in [0, 0.1) is 0 Å². The van der Waals surface area contributed by atoms with E-state index in [9.17, 15) is 9.59 Å². The predicted octanol–water partition coefficient (Wildman–Crippen LogP) is 1.22. The monoisotopic (exact) mass is 363 g/mol. The van der Waals surface area contributed by atoms with Crippen LogP contribution in [-0.2, 0) is 14.3 Å². The molecule has 0 saturated carbocycles. The first-order valence-electron chi connectivity index (χ1n) is 8.95. The van der Waals surface area contributed by atoms with Crippen LogP contribution in [0.25, 0.3) is 0 Å². The summed E-state index contributed by atoms with van der Waals surface area (Å²) in [4.78, 5) is 25.8. The van der Waals surface area contributed by atoms with Crippen molar-refractivity contribution in [3.05, 3.63) is 24.3 Å². The number of urea groups is 1. The number of morpholine rings is 1. The van der Waals surface area contributed by atoms with Crippen LogP contribution in [0.1, 0.15) is 12.8 Å². The van der Waals surface area contributed by atoms with E-state index < -0.39 is 0 Å². The van der Waals surface area contributed by atoms with E-state index in [1.807, 2.05) is 0 Å². The molecule has 0 spiro atoms. The van der Waals surface area contributed by atoms with Gasteiger partial charge in [-0.1, -0.05) is 6.07 Å². The molecule has 1 aromatic carbocycles. The van der Waals surface area contributed by atoms with E-state index in [1.54, 1.807) is 29.2 Å². The number of carbonyl (C=O) groups is 2. The maximum absolute atomic E-state index is 12.1. The molecule has 0 bridgehead atoms. The van der Waals surface area contributed by atoms with E-state index in [1.165, 1.54) is 0 Å². The number of ether oxygens (including phenoxy) is 3. The number of hydrogen-bond donors (Lipinski definition) is 2. The summed E-state index contributed by atoms with van der Waals surface area (Å²) in [5.74, 6) is 0.463. The summed E-state index contributed by atoms with van der Waals surface area (Å²) in [6, 6.07) is 6.69. The van der Waals surface area contributed by atoms with Crippen molar-refractivity contribution in [3.8, 4) is 5.75 Å². The first-order chi connectivity index (χ1) is 12.7. The second-order valence-corrected chi connectivity index (χ2v) is 6.28. The lowest BCUT2D eigenvalue weighted by Gasteiger charge is -2.26. The summed E-state index contributed by atoms with van der Waals surface area (Å²) in [6.45, 7) is 3.53. The maximum atomic E-state index is 12.1. The molecule has 0 aromatic heterocycles. The third-order valence-electron chi connectivity index (χ3n) is 4.33. The fourth-order valence-electron chi connectivity index (χ4n) is 2.90. The molecule has 8 heteroatoms. The van der Waals surface area contributed by atoms with Gasteiger partial charge in [0.1, 0.15) is 5.75 Å². The molecule has 0 unspecified atom stereocenters. The zero-order chi connectivity index (χ0) is 18.2. The van der Waals surface area contributed by atoms with Crippen molar-refractivity contribution in [1.82, 2.24) is 10.2 Å². The van der Waals surface area contributed by atoms with Crippen LogP contribution in [0.5, 0.6) is 5.75 Å². The Morgan fingerprint density at radius 3 is 2.85 bits per heavy atom. The zero-order valence-corrected chi connectivity index (χ0v) is 14.7. The second-order valence-electron chi connectivity index (χ2n) is 6.28. The molecule has 3 rings (SSSR count). The van der Waals surface area contributed by atoms with Gasteiger partial charge in [-0.2, -0.15) is 0 Å². The van der Waals surface area contributed by atoms with Crippen molar-refractivity contribution in [2.75, 3.05) is 51.4 Å². The van der Waals surface area contributed by atoms with Crippen LogP contribution in [-0.4, -0.2) is 69.0 Å². The normalized spacial score (nSPS) is 19.8. The van der Waals surface area contributed by atoms with Crippen LogP contribution >= 0.6 is 0 Å². The maximum Gasteiger partial charge on any atom is 0.319 e. The van der Waals surface area contributed by atoms with Crippen molar-refractivity contribution in [1.29, 1.82) is 0 Å². The molecule has 142 valence electrons. The summed E-state index contributed by atoms with van der Waals surface area (Å²) >= 11 is 0. The molecular weight excluding hydrogens is 338 g/mol. The summed E-state index contributed by atoms with van der Waals surface area (Å²) in [6.07, 6.45) is 2.11. The lowest BCUT2D eigenvalue weighted by atomic mass is 10.2. The van der Waals surface area contributed by atoms with Gasteiger partial charge in [-0.15, -0.1) is 0 Å². The summed E-state index contributed by atoms with van der Waals surface area (Å²) < 4.78 is 16.3. The lowest BCUT2D eigenvalue weighted by Crippen LogP contribution is -2.42. The van der Waals surface area contributed by atoms with Gasteiger partial charge in [0.05, 0.1) is 19.3 Å². The molecule has 0 aliphatic carbocycles. The van der Waals surface area contributed by atoms with Gasteiger partial charge >= 0.3 is 6.03 Å². The summed E-state index contributed by atoms with van der Waals surface area (Å²) in [7, 11) is 0. The Labute approximate surface area is 152 Å². The molecule has 26 heavy (non-hydrogen) atoms. The SMILES string of the molecule is O=C(NC[C@H]1CCCO1)Nc1cccc(OCC(=O)N2CCOCC2)c1. The fraction of sp³-hybridized carbons (Fsp3) is 0.556. The molecule has 8 nitrogen and oxygen atoms in total. The topological polar surface area (TPSA) is 89.1 Å². The van der Waals surface area contributed by atoms with Crippen molar-refractivity contribution in [2.45, 2.75) is 18.9 Å². The number of amides is 3. The van der Waals surface area contributed by atoms with Crippen LogP contribution < -0.4 is 15.4 Å². The van der Waals surface area contributed by atoms with Crippen LogP contribution in [0.4, 0.5) is 10.5 Å². The largest absolute Gasteiger partial charge is 0.484 e. The highest BCUT2D eigenvalue weighted by atomic mass is 16.5. The number of carbonyl (C=O) groups excluding carboxylic acids is 2. The molecule has 1 aromatic rings. The number of nitrogens with one attached hydrogen (secondary N) is 2. The van der Waals surface area contributed by atoms with Gasteiger partial charge in [0.2, 0.25) is 0 Å². The first kappa shape index (κ1) is 18.5. The van der Waals surface area contributed by atoms with Gasteiger partial charge in [0.25, 0.3) is 5.91 Å². The van der Waals surface area contributed by atoms with Crippen molar-refractivity contribution >= 4 is 17.6 Å². The Morgan fingerprint density at radius 2 is 2.08 bits per heavy atom. The minimum atomic E-state index is -0.290. The third-order valence-corrected chi connectivity index (χ3v) is 4.33. The molecule has 2 N–H and O–H groups in total. The van der Waals surface area contributed by atoms with E-state index in [0.717, 1.165) is 19.4 Å². The van der Waals surface area contributed by atoms with Crippen LogP contribution in [0.2, 0.25) is 0 Å². The average Bonchev–Trinajstić information content (AvgIpc) is 3.19. The first-order valence-corrected chi connectivity index (χ1v) is 8.95. The number of hydrogen-bond acceptors (Lipinski definition) is 5. The molecule has 1 atom stereocenters. The van der Waals surface area contributed by atoms with Crippen molar-refractivity contribution in [3.63, 3.8) is 0 Å². The highest BCUT2D eigenvalue weighted by Gasteiger charge is 2.18. The molecular formula is C18H25N3O5. The zero-order valence-electron chi connectivity index (χ0n) is 14.7. The Morgan fingerprint density at radius 1 is 1.23 bits per heavy atom. The van der Waals surface area contributed by atoms with Gasteiger partial charge < -0.3 is 29.7 Å². The van der Waals surface area contributed by atoms with Gasteiger partial charge in [0, 0.05) is 38.0 Å². The smallest absolute Gasteiger partial charge is 0.319 e. The number of nitrogens with zero attached hydrogens (tertiary/aromatic N) is 1. The fourth-order valence-corrected chi connectivity index (χ4v) is 2.90. The Balaban J connectivity index is 1.43. The lowest BCUT2D eigenvalue weighted by molar-refractivity contribution is -0.137. The van der Waals surface area contributed by atoms with Crippen molar-refractivity contribution < 1.29 is 23.8 Å². The Kier molecular flexibility index (Phi) is 6.68. The highest BCUT2D eigenvalue weighted by molar-refractivity contribution is 5.89. The molecule has 0 radical (unpaired) electrons. The number of benzene rings is 1. The number of rotatable bonds is 6. The number of anilines is 1. The van der Waals surface area contributed by atoms with E-state index in [-0.39, 0.29) is 24.6 Å². The summed E-state index contributed by atoms with van der Waals surface area (Å²) in [5, 5.41) is 5.56. The molecule has 2 aliphatic rings. The van der Waals surface area contributed by atoms with Crippen molar-refractivity contribution in [2.24, 2.45) is 0 Å². The van der Waals surface area contributed by atoms with Crippen LogP contribution in [0.3, 0.4) is 0 Å². The minimum Gasteiger partial charge on any atom is -0.484 e. The molecule has 2 saturated heterocycles. The van der Waals surface area contributed by atoms with Gasteiger partial charge in [-0.25, -0.2) is 4.79 Å². The van der Waals surface area contributed by atoms with E-state index in [0.29, 0.717) is 44.3 Å². The van der Waals surface area contributed by atoms with E-state index >= 15 is 0 Å². The molecule has 3 amide bonds. The van der Waals surface area contributed by atoms with E-state index in [4.69, 9.17) is 14.2 Å². The highest BCUT2D eigenvalue weighted by Crippen LogP contribution is 2.17. The Hall–Kier alpha value is -2.32. The predicted molar refractivity (Wildman–Crippen MR) is 95.3 cm³/mol. The average molecular weight is 363 g/mol. The van der Waals surface area contributed by atoms with Crippen LogP contribution in [0.15, 0.2) is 24.3 Å². The second kappa shape index (κ2) is 9.40. The van der Waals surface area contributed by atoms with Gasteiger partial charge in [0.15, 0.2) is 6.61 Å². The summed E-state index contributed by atoms with van der Waals surface area (Å²) in [5.41, 5.74) is 0.603. The molecule has 2 fully saturated rings. The van der Waals surface area contributed by atoms with Gasteiger partial charge in [-0.3, -0.25) is 4.79 Å². The van der Waals surface area contributed by atoms with Gasteiger partial charge in [-0.05, 0) is 25.0 Å². The minimum absolute atomic E-state index is 0.0331. The standard InChI is InChI=1S/C18H25N3O5/c22-17(21-6-9-24-10-7-21)13-26-15-4-1-3-14(11-15)20-18(23)19-12-16-5-2-8-25-16/h1,3-4,11,16H,2,5-10,12-13H2,(H2,19,20,23)/t16-/m1/s1. The van der Waals surface area contributed by atoms with E-state index in [2.05, 4.69) is 10.6 Å². The molecule has 2 aliphatic heterocycles. The third kappa shape index (κ3) is 5.60. The molecule has 2 heterocycles. The Bertz CT molecular complexity index is 613. The quantitative estimate of drug-likeness (QED) is 0.793.